The van der Waals surface area contributed by atoms with Gasteiger partial charge in [0.05, 0.1) is 5.75 Å². The number of amides is 1. The van der Waals surface area contributed by atoms with E-state index in [2.05, 4.69) is 10.1 Å². The molecule has 0 heterocycles. The van der Waals surface area contributed by atoms with E-state index in [4.69, 9.17) is 11.6 Å². The van der Waals surface area contributed by atoms with E-state index in [1.54, 1.807) is 6.07 Å². The summed E-state index contributed by atoms with van der Waals surface area (Å²) in [6.07, 6.45) is -3.96. The number of thioether (sulfide) groups is 1. The summed E-state index contributed by atoms with van der Waals surface area (Å²) in [5, 5.41) is 3.28. The molecule has 0 aliphatic carbocycles. The van der Waals surface area contributed by atoms with Crippen LogP contribution in [-0.4, -0.2) is 37.6 Å². The molecule has 0 aliphatic heterocycles. The van der Waals surface area contributed by atoms with E-state index < -0.39 is 12.8 Å². The summed E-state index contributed by atoms with van der Waals surface area (Å²) in [6, 6.07) is 7.39. The molecule has 22 heavy (non-hydrogen) atoms. The zero-order valence-corrected chi connectivity index (χ0v) is 13.4. The number of carbonyl (C=O) groups excluding carboxylic acids is 1. The monoisotopic (exact) mass is 355 g/mol. The lowest BCUT2D eigenvalue weighted by atomic mass is 10.2. The van der Waals surface area contributed by atoms with E-state index in [0.717, 1.165) is 5.56 Å². The predicted molar refractivity (Wildman–Crippen MR) is 82.1 cm³/mol. The lowest BCUT2D eigenvalue weighted by Gasteiger charge is -2.08. The Balaban J connectivity index is 2.02. The Labute approximate surface area is 136 Å². The van der Waals surface area contributed by atoms with Crippen LogP contribution in [0.2, 0.25) is 5.02 Å². The van der Waals surface area contributed by atoms with Crippen LogP contribution in [0.1, 0.15) is 12.0 Å². The molecule has 0 radical (unpaired) electrons. The average molecular weight is 356 g/mol. The van der Waals surface area contributed by atoms with E-state index >= 15 is 0 Å². The quantitative estimate of drug-likeness (QED) is 0.687. The molecular weight excluding hydrogens is 339 g/mol. The Morgan fingerprint density at radius 3 is 2.82 bits per heavy atom. The number of ether oxygens (including phenoxy) is 1. The summed E-state index contributed by atoms with van der Waals surface area (Å²) < 4.78 is 39.8. The number of carbonyl (C=O) groups is 1. The van der Waals surface area contributed by atoms with Crippen LogP contribution < -0.4 is 5.32 Å². The van der Waals surface area contributed by atoms with Crippen LogP contribution in [0.25, 0.3) is 0 Å². The molecule has 0 atom stereocenters. The van der Waals surface area contributed by atoms with Crippen LogP contribution in [0.3, 0.4) is 0 Å². The number of halogens is 4. The third-order valence-electron chi connectivity index (χ3n) is 2.44. The van der Waals surface area contributed by atoms with Gasteiger partial charge in [0, 0.05) is 23.9 Å². The first-order valence-electron chi connectivity index (χ1n) is 6.60. The number of benzene rings is 1. The second-order valence-corrected chi connectivity index (χ2v) is 5.92. The van der Waals surface area contributed by atoms with Crippen molar-refractivity contribution in [2.24, 2.45) is 0 Å². The van der Waals surface area contributed by atoms with Gasteiger partial charge in [-0.3, -0.25) is 4.79 Å². The van der Waals surface area contributed by atoms with Gasteiger partial charge in [-0.15, -0.1) is 11.8 Å². The standard InChI is InChI=1S/C14H17ClF3NO2S/c15-12-4-1-3-11(7-12)8-22-9-13(20)19-5-2-6-21-10-14(16,17)18/h1,3-4,7H,2,5-6,8-10H2,(H,19,20). The summed E-state index contributed by atoms with van der Waals surface area (Å²) in [5.41, 5.74) is 1.03. The van der Waals surface area contributed by atoms with Gasteiger partial charge in [0.2, 0.25) is 5.91 Å². The zero-order valence-electron chi connectivity index (χ0n) is 11.8. The molecule has 0 aromatic heterocycles. The molecule has 8 heteroatoms. The van der Waals surface area contributed by atoms with Crippen LogP contribution in [-0.2, 0) is 15.3 Å². The first-order valence-corrected chi connectivity index (χ1v) is 8.13. The van der Waals surface area contributed by atoms with Gasteiger partial charge in [0.1, 0.15) is 6.61 Å². The van der Waals surface area contributed by atoms with Gasteiger partial charge < -0.3 is 10.1 Å². The molecule has 0 unspecified atom stereocenters. The minimum Gasteiger partial charge on any atom is -0.372 e. The maximum Gasteiger partial charge on any atom is 0.411 e. The number of hydrogen-bond donors (Lipinski definition) is 1. The van der Waals surface area contributed by atoms with E-state index in [0.29, 0.717) is 23.7 Å². The molecule has 1 N–H and O–H groups in total. The van der Waals surface area contributed by atoms with Crippen molar-refractivity contribution in [3.63, 3.8) is 0 Å². The Bertz CT molecular complexity index is 472. The lowest BCUT2D eigenvalue weighted by Crippen LogP contribution is -2.27. The topological polar surface area (TPSA) is 38.3 Å². The smallest absolute Gasteiger partial charge is 0.372 e. The summed E-state index contributed by atoms with van der Waals surface area (Å²) in [6.45, 7) is -0.986. The van der Waals surface area contributed by atoms with Gasteiger partial charge in [-0.1, -0.05) is 23.7 Å². The molecule has 0 bridgehead atoms. The molecule has 3 nitrogen and oxygen atoms in total. The Morgan fingerprint density at radius 2 is 2.14 bits per heavy atom. The van der Waals surface area contributed by atoms with Gasteiger partial charge in [-0.25, -0.2) is 0 Å². The SMILES string of the molecule is O=C(CSCc1cccc(Cl)c1)NCCCOCC(F)(F)F. The van der Waals surface area contributed by atoms with E-state index in [9.17, 15) is 18.0 Å². The molecule has 1 aromatic carbocycles. The fraction of sp³-hybridized carbons (Fsp3) is 0.500. The fourth-order valence-corrected chi connectivity index (χ4v) is 2.55. The van der Waals surface area contributed by atoms with Crippen LogP contribution >= 0.6 is 23.4 Å². The average Bonchev–Trinajstić information content (AvgIpc) is 2.41. The van der Waals surface area contributed by atoms with Crippen LogP contribution in [0.5, 0.6) is 0 Å². The Kier molecular flexibility index (Phi) is 8.67. The number of hydrogen-bond acceptors (Lipinski definition) is 3. The molecule has 0 saturated heterocycles. The summed E-state index contributed by atoms with van der Waals surface area (Å²) in [4.78, 5) is 11.5. The van der Waals surface area contributed by atoms with Crippen molar-refractivity contribution < 1.29 is 22.7 Å². The van der Waals surface area contributed by atoms with E-state index in [1.165, 1.54) is 11.8 Å². The first kappa shape index (κ1) is 19.1. The largest absolute Gasteiger partial charge is 0.411 e. The third kappa shape index (κ3) is 9.92. The molecule has 1 rings (SSSR count). The van der Waals surface area contributed by atoms with Crippen molar-refractivity contribution in [1.29, 1.82) is 0 Å². The van der Waals surface area contributed by atoms with Crippen molar-refractivity contribution in [1.82, 2.24) is 5.32 Å². The van der Waals surface area contributed by atoms with Crippen LogP contribution in [0, 0.1) is 0 Å². The maximum atomic E-state index is 11.8. The second-order valence-electron chi connectivity index (χ2n) is 4.49. The Morgan fingerprint density at radius 1 is 1.36 bits per heavy atom. The highest BCUT2D eigenvalue weighted by Gasteiger charge is 2.27. The molecule has 0 fully saturated rings. The third-order valence-corrected chi connectivity index (χ3v) is 3.68. The maximum absolute atomic E-state index is 11.8. The van der Waals surface area contributed by atoms with Crippen molar-refractivity contribution in [2.45, 2.75) is 18.3 Å². The minimum atomic E-state index is -4.31. The summed E-state index contributed by atoms with van der Waals surface area (Å²) in [7, 11) is 0. The van der Waals surface area contributed by atoms with Crippen LogP contribution in [0.15, 0.2) is 24.3 Å². The predicted octanol–water partition coefficient (Wildman–Crippen LogP) is 3.66. The van der Waals surface area contributed by atoms with Crippen molar-refractivity contribution in [3.8, 4) is 0 Å². The summed E-state index contributed by atoms with van der Waals surface area (Å²) in [5.74, 6) is 0.807. The second kappa shape index (κ2) is 9.97. The molecule has 0 spiro atoms. The fourth-order valence-electron chi connectivity index (χ4n) is 1.53. The van der Waals surface area contributed by atoms with Crippen molar-refractivity contribution >= 4 is 29.3 Å². The first-order chi connectivity index (χ1) is 10.4. The van der Waals surface area contributed by atoms with Gasteiger partial charge in [0.15, 0.2) is 0 Å². The number of nitrogens with one attached hydrogen (secondary N) is 1. The highest BCUT2D eigenvalue weighted by Crippen LogP contribution is 2.16. The van der Waals surface area contributed by atoms with E-state index in [-0.39, 0.29) is 18.3 Å². The normalized spacial score (nSPS) is 11.5. The molecule has 1 amide bonds. The van der Waals surface area contributed by atoms with Gasteiger partial charge >= 0.3 is 6.18 Å². The molecule has 0 saturated carbocycles. The highest BCUT2D eigenvalue weighted by atomic mass is 35.5. The van der Waals surface area contributed by atoms with Gasteiger partial charge in [-0.05, 0) is 24.1 Å². The van der Waals surface area contributed by atoms with Crippen molar-refractivity contribution in [3.05, 3.63) is 34.9 Å². The zero-order chi connectivity index (χ0) is 16.4. The van der Waals surface area contributed by atoms with Gasteiger partial charge in [0.25, 0.3) is 0 Å². The molecular formula is C14H17ClF3NO2S. The lowest BCUT2D eigenvalue weighted by molar-refractivity contribution is -0.174. The summed E-state index contributed by atoms with van der Waals surface area (Å²) >= 11 is 7.30. The highest BCUT2D eigenvalue weighted by molar-refractivity contribution is 7.99. The van der Waals surface area contributed by atoms with Crippen molar-refractivity contribution in [2.75, 3.05) is 25.5 Å². The molecule has 0 aliphatic rings. The molecule has 1 aromatic rings. The van der Waals surface area contributed by atoms with Gasteiger partial charge in [-0.2, -0.15) is 13.2 Å². The molecule has 124 valence electrons. The number of rotatable bonds is 9. The minimum absolute atomic E-state index is 0.0323. The number of alkyl halides is 3. The van der Waals surface area contributed by atoms with Crippen LogP contribution in [0.4, 0.5) is 13.2 Å². The van der Waals surface area contributed by atoms with E-state index in [1.807, 2.05) is 18.2 Å². The Hall–Kier alpha value is -0.920.